The van der Waals surface area contributed by atoms with Gasteiger partial charge in [0.05, 0.1) is 17.4 Å². The first-order valence-corrected chi connectivity index (χ1v) is 7.39. The molecule has 0 fully saturated rings. The second kappa shape index (κ2) is 5.07. The molecular weight excluding hydrogens is 288 g/mol. The van der Waals surface area contributed by atoms with Crippen LogP contribution in [0.1, 0.15) is 25.8 Å². The van der Waals surface area contributed by atoms with E-state index in [2.05, 4.69) is 13.9 Å². The normalized spacial score (nSPS) is 21.2. The van der Waals surface area contributed by atoms with Crippen molar-refractivity contribution in [2.24, 2.45) is 5.16 Å². The number of hydrogen-bond acceptors (Lipinski definition) is 6. The fourth-order valence-electron chi connectivity index (χ4n) is 2.52. The molecule has 0 spiro atoms. The SMILES string of the molecule is CC1=NOC(C)(C(=O)N(C)Cc2ccc3nsnc3c2)C1. The van der Waals surface area contributed by atoms with Gasteiger partial charge in [0.15, 0.2) is 0 Å². The molecule has 2 heterocycles. The third-order valence-electron chi connectivity index (χ3n) is 3.53. The van der Waals surface area contributed by atoms with Crippen molar-refractivity contribution in [3.8, 4) is 0 Å². The molecule has 1 amide bonds. The monoisotopic (exact) mass is 304 g/mol. The third-order valence-corrected chi connectivity index (χ3v) is 4.09. The highest BCUT2D eigenvalue weighted by molar-refractivity contribution is 7.00. The lowest BCUT2D eigenvalue weighted by Gasteiger charge is -2.27. The average molecular weight is 304 g/mol. The highest BCUT2D eigenvalue weighted by Crippen LogP contribution is 2.26. The fraction of sp³-hybridized carbons (Fsp3) is 0.429. The lowest BCUT2D eigenvalue weighted by atomic mass is 9.98. The number of oxime groups is 1. The number of carbonyl (C=O) groups excluding carboxylic acids is 1. The van der Waals surface area contributed by atoms with Crippen LogP contribution in [-0.2, 0) is 16.2 Å². The maximum absolute atomic E-state index is 12.5. The molecule has 0 N–H and O–H groups in total. The maximum Gasteiger partial charge on any atom is 0.269 e. The molecule has 3 rings (SSSR count). The van der Waals surface area contributed by atoms with E-state index < -0.39 is 5.60 Å². The number of aromatic nitrogens is 2. The molecule has 0 aliphatic carbocycles. The van der Waals surface area contributed by atoms with Gasteiger partial charge in [-0.3, -0.25) is 4.79 Å². The van der Waals surface area contributed by atoms with E-state index in [1.807, 2.05) is 25.1 Å². The highest BCUT2D eigenvalue weighted by Gasteiger charge is 2.42. The summed E-state index contributed by atoms with van der Waals surface area (Å²) in [4.78, 5) is 19.5. The molecule has 1 unspecified atom stereocenters. The number of likely N-dealkylation sites (N-methyl/N-ethyl adjacent to an activating group) is 1. The molecule has 0 saturated heterocycles. The predicted octanol–water partition coefficient (Wildman–Crippen LogP) is 2.20. The first kappa shape index (κ1) is 13.9. The van der Waals surface area contributed by atoms with Crippen molar-refractivity contribution >= 4 is 34.4 Å². The Bertz CT molecular complexity index is 727. The highest BCUT2D eigenvalue weighted by atomic mass is 32.1. The summed E-state index contributed by atoms with van der Waals surface area (Å²) in [5.74, 6) is -0.0698. The van der Waals surface area contributed by atoms with Crippen LogP contribution in [0.2, 0.25) is 0 Å². The Morgan fingerprint density at radius 1 is 1.43 bits per heavy atom. The van der Waals surface area contributed by atoms with Crippen molar-refractivity contribution in [1.29, 1.82) is 0 Å². The van der Waals surface area contributed by atoms with E-state index >= 15 is 0 Å². The van der Waals surface area contributed by atoms with Crippen molar-refractivity contribution in [3.05, 3.63) is 23.8 Å². The van der Waals surface area contributed by atoms with Gasteiger partial charge in [-0.25, -0.2) is 0 Å². The number of carbonyl (C=O) groups is 1. The van der Waals surface area contributed by atoms with E-state index in [0.717, 1.165) is 22.3 Å². The molecule has 110 valence electrons. The minimum atomic E-state index is -0.884. The van der Waals surface area contributed by atoms with Gasteiger partial charge in [-0.1, -0.05) is 11.2 Å². The number of amides is 1. The van der Waals surface area contributed by atoms with Gasteiger partial charge in [-0.2, -0.15) is 8.75 Å². The van der Waals surface area contributed by atoms with Gasteiger partial charge in [0.25, 0.3) is 5.91 Å². The first-order chi connectivity index (χ1) is 9.98. The van der Waals surface area contributed by atoms with Gasteiger partial charge < -0.3 is 9.74 Å². The van der Waals surface area contributed by atoms with Crippen LogP contribution in [0.25, 0.3) is 11.0 Å². The van der Waals surface area contributed by atoms with Crippen molar-refractivity contribution in [3.63, 3.8) is 0 Å². The van der Waals surface area contributed by atoms with E-state index in [1.54, 1.807) is 18.9 Å². The van der Waals surface area contributed by atoms with Gasteiger partial charge >= 0.3 is 0 Å². The smallest absolute Gasteiger partial charge is 0.269 e. The number of rotatable bonds is 3. The van der Waals surface area contributed by atoms with Gasteiger partial charge in [0.1, 0.15) is 11.0 Å². The molecule has 1 aliphatic rings. The van der Waals surface area contributed by atoms with Crippen LogP contribution in [0, 0.1) is 0 Å². The second-order valence-corrected chi connectivity index (χ2v) is 6.10. The molecule has 7 heteroatoms. The van der Waals surface area contributed by atoms with E-state index in [4.69, 9.17) is 4.84 Å². The lowest BCUT2D eigenvalue weighted by Crippen LogP contribution is -2.45. The quantitative estimate of drug-likeness (QED) is 0.872. The van der Waals surface area contributed by atoms with E-state index in [-0.39, 0.29) is 5.91 Å². The molecule has 21 heavy (non-hydrogen) atoms. The Morgan fingerprint density at radius 3 is 2.90 bits per heavy atom. The molecular formula is C14H16N4O2S. The minimum absolute atomic E-state index is 0.0698. The Balaban J connectivity index is 1.73. The zero-order valence-corrected chi connectivity index (χ0v) is 13.0. The molecule has 0 radical (unpaired) electrons. The third kappa shape index (κ3) is 2.61. The average Bonchev–Trinajstić information content (AvgIpc) is 3.04. The largest absolute Gasteiger partial charge is 0.379 e. The van der Waals surface area contributed by atoms with Gasteiger partial charge in [-0.15, -0.1) is 0 Å². The second-order valence-electron chi connectivity index (χ2n) is 5.57. The van der Waals surface area contributed by atoms with E-state index in [0.29, 0.717) is 13.0 Å². The number of fused-ring (bicyclic) bond motifs is 1. The van der Waals surface area contributed by atoms with Gasteiger partial charge in [0.2, 0.25) is 5.60 Å². The van der Waals surface area contributed by atoms with Crippen LogP contribution in [0.3, 0.4) is 0 Å². The predicted molar refractivity (Wildman–Crippen MR) is 81.1 cm³/mol. The summed E-state index contributed by atoms with van der Waals surface area (Å²) < 4.78 is 8.39. The Labute approximate surface area is 126 Å². The molecule has 1 aromatic carbocycles. The first-order valence-electron chi connectivity index (χ1n) is 6.66. The molecule has 1 aromatic heterocycles. The zero-order valence-electron chi connectivity index (χ0n) is 12.2. The number of benzene rings is 1. The molecule has 0 saturated carbocycles. The molecule has 0 bridgehead atoms. The van der Waals surface area contributed by atoms with Crippen LogP contribution in [0.15, 0.2) is 23.4 Å². The van der Waals surface area contributed by atoms with Crippen molar-refractivity contribution in [1.82, 2.24) is 13.6 Å². The Kier molecular flexibility index (Phi) is 3.36. The van der Waals surface area contributed by atoms with Crippen LogP contribution in [0.4, 0.5) is 0 Å². The fourth-order valence-corrected chi connectivity index (χ4v) is 3.04. The maximum atomic E-state index is 12.5. The number of hydrogen-bond donors (Lipinski definition) is 0. The summed E-state index contributed by atoms with van der Waals surface area (Å²) in [5.41, 5.74) is 2.72. The standard InChI is InChI=1S/C14H16N4O2S/c1-9-7-14(2,20-15-9)13(19)18(3)8-10-4-5-11-12(6-10)17-21-16-11/h4-6H,7-8H2,1-3H3. The lowest BCUT2D eigenvalue weighted by molar-refractivity contribution is -0.152. The van der Waals surface area contributed by atoms with Crippen molar-refractivity contribution < 1.29 is 9.63 Å². The minimum Gasteiger partial charge on any atom is -0.379 e. The topological polar surface area (TPSA) is 67.7 Å². The van der Waals surface area contributed by atoms with Crippen molar-refractivity contribution in [2.45, 2.75) is 32.4 Å². The summed E-state index contributed by atoms with van der Waals surface area (Å²) in [5, 5.41) is 3.89. The Morgan fingerprint density at radius 2 is 2.19 bits per heavy atom. The van der Waals surface area contributed by atoms with Crippen LogP contribution < -0.4 is 0 Å². The molecule has 1 aliphatic heterocycles. The van der Waals surface area contributed by atoms with Crippen LogP contribution in [-0.4, -0.2) is 37.9 Å². The summed E-state index contributed by atoms with van der Waals surface area (Å²) >= 11 is 1.19. The van der Waals surface area contributed by atoms with E-state index in [9.17, 15) is 4.79 Å². The summed E-state index contributed by atoms with van der Waals surface area (Å²) in [6, 6.07) is 5.85. The number of nitrogens with zero attached hydrogens (tertiary/aromatic N) is 4. The Hall–Kier alpha value is -2.02. The molecule has 6 nitrogen and oxygen atoms in total. The summed E-state index contributed by atoms with van der Waals surface area (Å²) in [6.07, 6.45) is 0.533. The molecule has 2 aromatic rings. The zero-order chi connectivity index (χ0) is 15.0. The molecule has 1 atom stereocenters. The van der Waals surface area contributed by atoms with Gasteiger partial charge in [-0.05, 0) is 31.5 Å². The summed E-state index contributed by atoms with van der Waals surface area (Å²) in [6.45, 7) is 4.14. The van der Waals surface area contributed by atoms with E-state index in [1.165, 1.54) is 11.7 Å². The van der Waals surface area contributed by atoms with Crippen LogP contribution >= 0.6 is 11.7 Å². The summed E-state index contributed by atoms with van der Waals surface area (Å²) in [7, 11) is 1.77. The van der Waals surface area contributed by atoms with Gasteiger partial charge in [0, 0.05) is 20.0 Å². The van der Waals surface area contributed by atoms with Crippen molar-refractivity contribution in [2.75, 3.05) is 7.05 Å². The van der Waals surface area contributed by atoms with Crippen LogP contribution in [0.5, 0.6) is 0 Å².